The Hall–Kier alpha value is -2.15. The summed E-state index contributed by atoms with van der Waals surface area (Å²) in [5, 5.41) is 25.9. The van der Waals surface area contributed by atoms with Gasteiger partial charge in [-0.2, -0.15) is 0 Å². The van der Waals surface area contributed by atoms with Crippen LogP contribution in [-0.2, 0) is 11.2 Å². The van der Waals surface area contributed by atoms with Crippen LogP contribution in [-0.4, -0.2) is 28.6 Å². The van der Waals surface area contributed by atoms with Crippen molar-refractivity contribution in [3.8, 4) is 0 Å². The first-order valence-electron chi connectivity index (χ1n) is 6.53. The van der Waals surface area contributed by atoms with Crippen LogP contribution < -0.4 is 10.6 Å². The van der Waals surface area contributed by atoms with Crippen LogP contribution in [0.15, 0.2) is 12.1 Å². The molecule has 0 bridgehead atoms. The van der Waals surface area contributed by atoms with Crippen molar-refractivity contribution in [1.82, 2.24) is 0 Å². The number of rotatable bonds is 6. The smallest absolute Gasteiger partial charge is 0.292 e. The number of nitrogens with one attached hydrogen (secondary N) is 2. The number of benzene rings is 1. The predicted molar refractivity (Wildman–Crippen MR) is 74.8 cm³/mol. The largest absolute Gasteiger partial charge is 0.396 e. The first kappa shape index (κ1) is 14.3. The Labute approximate surface area is 116 Å². The molecule has 1 aliphatic heterocycles. The van der Waals surface area contributed by atoms with Gasteiger partial charge in [-0.1, -0.05) is 6.92 Å². The number of hydrogen-bond donors (Lipinski definition) is 3. The first-order chi connectivity index (χ1) is 9.55. The van der Waals surface area contributed by atoms with Crippen molar-refractivity contribution in [2.24, 2.45) is 0 Å². The molecule has 1 heterocycles. The number of fused-ring (bicyclic) bond motifs is 1. The van der Waals surface area contributed by atoms with Gasteiger partial charge in [0.05, 0.1) is 11.3 Å². The quantitative estimate of drug-likeness (QED) is 0.542. The Bertz CT molecular complexity index is 545. The minimum atomic E-state index is -0.461. The first-order valence-corrected chi connectivity index (χ1v) is 6.53. The third-order valence-electron chi connectivity index (χ3n) is 3.37. The Morgan fingerprint density at radius 1 is 1.55 bits per heavy atom. The second-order valence-electron chi connectivity index (χ2n) is 4.77. The fourth-order valence-corrected chi connectivity index (χ4v) is 2.28. The Kier molecular flexibility index (Phi) is 4.19. The molecule has 1 aromatic carbocycles. The molecule has 1 aromatic rings. The molecule has 0 saturated carbocycles. The molecule has 0 aliphatic carbocycles. The minimum Gasteiger partial charge on any atom is -0.396 e. The number of nitro groups is 1. The van der Waals surface area contributed by atoms with Crippen LogP contribution in [0.3, 0.4) is 0 Å². The summed E-state index contributed by atoms with van der Waals surface area (Å²) >= 11 is 0. The fourth-order valence-electron chi connectivity index (χ4n) is 2.28. The summed E-state index contributed by atoms with van der Waals surface area (Å²) in [6.45, 7) is 1.95. The van der Waals surface area contributed by atoms with Gasteiger partial charge in [0.25, 0.3) is 5.69 Å². The summed E-state index contributed by atoms with van der Waals surface area (Å²) in [5.41, 5.74) is 1.58. The van der Waals surface area contributed by atoms with E-state index in [-0.39, 0.29) is 30.7 Å². The van der Waals surface area contributed by atoms with Crippen LogP contribution in [0.25, 0.3) is 0 Å². The standard InChI is InChI=1S/C13H17N3O4/c1-2-9(3-4-17)14-11-7-10-8(6-13(18)15-10)5-12(11)16(19)20/h5,7,9,14,17H,2-4,6H2,1H3,(H,15,18). The molecule has 0 radical (unpaired) electrons. The molecule has 1 aliphatic rings. The summed E-state index contributed by atoms with van der Waals surface area (Å²) in [7, 11) is 0. The number of amides is 1. The lowest BCUT2D eigenvalue weighted by Crippen LogP contribution is -2.20. The zero-order valence-electron chi connectivity index (χ0n) is 11.2. The molecule has 1 amide bonds. The molecule has 3 N–H and O–H groups in total. The van der Waals surface area contributed by atoms with Crippen LogP contribution in [0.1, 0.15) is 25.3 Å². The van der Waals surface area contributed by atoms with Crippen molar-refractivity contribution in [1.29, 1.82) is 0 Å². The monoisotopic (exact) mass is 279 g/mol. The average molecular weight is 279 g/mol. The number of nitro benzene ring substituents is 1. The van der Waals surface area contributed by atoms with E-state index in [9.17, 15) is 14.9 Å². The topological polar surface area (TPSA) is 104 Å². The van der Waals surface area contributed by atoms with E-state index >= 15 is 0 Å². The highest BCUT2D eigenvalue weighted by Gasteiger charge is 2.25. The summed E-state index contributed by atoms with van der Waals surface area (Å²) in [6.07, 6.45) is 1.42. The van der Waals surface area contributed by atoms with Crippen molar-refractivity contribution in [2.75, 3.05) is 17.2 Å². The molecule has 0 aromatic heterocycles. The van der Waals surface area contributed by atoms with Crippen LogP contribution in [0.5, 0.6) is 0 Å². The highest BCUT2D eigenvalue weighted by atomic mass is 16.6. The van der Waals surface area contributed by atoms with Crippen molar-refractivity contribution in [3.05, 3.63) is 27.8 Å². The van der Waals surface area contributed by atoms with E-state index in [1.807, 2.05) is 6.92 Å². The lowest BCUT2D eigenvalue weighted by atomic mass is 10.1. The second kappa shape index (κ2) is 5.87. The fraction of sp³-hybridized carbons (Fsp3) is 0.462. The SMILES string of the molecule is CCC(CCO)Nc1cc2c(cc1[N+](=O)[O-])CC(=O)N2. The number of nitrogens with zero attached hydrogens (tertiary/aromatic N) is 1. The summed E-state index contributed by atoms with van der Waals surface area (Å²) < 4.78 is 0. The number of carbonyl (C=O) groups excluding carboxylic acids is 1. The highest BCUT2D eigenvalue weighted by Crippen LogP contribution is 2.35. The maximum atomic E-state index is 11.3. The van der Waals surface area contributed by atoms with E-state index < -0.39 is 4.92 Å². The second-order valence-corrected chi connectivity index (χ2v) is 4.77. The normalized spacial score (nSPS) is 14.6. The van der Waals surface area contributed by atoms with E-state index in [0.29, 0.717) is 23.4 Å². The Morgan fingerprint density at radius 2 is 2.30 bits per heavy atom. The van der Waals surface area contributed by atoms with Crippen molar-refractivity contribution < 1.29 is 14.8 Å². The van der Waals surface area contributed by atoms with Gasteiger partial charge in [0.2, 0.25) is 5.91 Å². The Morgan fingerprint density at radius 3 is 2.90 bits per heavy atom. The van der Waals surface area contributed by atoms with Gasteiger partial charge in [-0.3, -0.25) is 14.9 Å². The minimum absolute atomic E-state index is 0.0149. The van der Waals surface area contributed by atoms with Crippen LogP contribution in [0.4, 0.5) is 17.1 Å². The zero-order valence-corrected chi connectivity index (χ0v) is 11.2. The van der Waals surface area contributed by atoms with Crippen LogP contribution in [0, 0.1) is 10.1 Å². The lowest BCUT2D eigenvalue weighted by Gasteiger charge is -2.17. The molecule has 0 spiro atoms. The molecule has 108 valence electrons. The number of hydrogen-bond acceptors (Lipinski definition) is 5. The Balaban J connectivity index is 2.33. The summed E-state index contributed by atoms with van der Waals surface area (Å²) in [4.78, 5) is 22.0. The molecular weight excluding hydrogens is 262 g/mol. The third-order valence-corrected chi connectivity index (χ3v) is 3.37. The average Bonchev–Trinajstić information content (AvgIpc) is 2.76. The van der Waals surface area contributed by atoms with E-state index in [4.69, 9.17) is 5.11 Å². The molecule has 1 atom stereocenters. The predicted octanol–water partition coefficient (Wildman–Crippen LogP) is 1.66. The van der Waals surface area contributed by atoms with Crippen LogP contribution >= 0.6 is 0 Å². The van der Waals surface area contributed by atoms with E-state index in [0.717, 1.165) is 6.42 Å². The lowest BCUT2D eigenvalue weighted by molar-refractivity contribution is -0.384. The number of anilines is 2. The maximum Gasteiger partial charge on any atom is 0.292 e. The number of aliphatic hydroxyl groups excluding tert-OH is 1. The maximum absolute atomic E-state index is 11.3. The van der Waals surface area contributed by atoms with Crippen molar-refractivity contribution in [2.45, 2.75) is 32.2 Å². The third kappa shape index (κ3) is 2.88. The summed E-state index contributed by atoms with van der Waals surface area (Å²) in [6, 6.07) is 2.98. The van der Waals surface area contributed by atoms with Gasteiger partial charge in [0, 0.05) is 24.4 Å². The van der Waals surface area contributed by atoms with E-state index in [1.165, 1.54) is 6.07 Å². The van der Waals surface area contributed by atoms with Crippen molar-refractivity contribution >= 4 is 23.0 Å². The van der Waals surface area contributed by atoms with Gasteiger partial charge in [0.1, 0.15) is 5.69 Å². The zero-order chi connectivity index (χ0) is 14.7. The molecular formula is C13H17N3O4. The molecule has 0 saturated heterocycles. The molecule has 1 unspecified atom stereocenters. The van der Waals surface area contributed by atoms with Gasteiger partial charge in [0.15, 0.2) is 0 Å². The molecule has 7 heteroatoms. The van der Waals surface area contributed by atoms with Crippen LogP contribution in [0.2, 0.25) is 0 Å². The highest BCUT2D eigenvalue weighted by molar-refractivity contribution is 6.00. The van der Waals surface area contributed by atoms with E-state index in [1.54, 1.807) is 6.07 Å². The molecule has 2 rings (SSSR count). The van der Waals surface area contributed by atoms with Crippen molar-refractivity contribution in [3.63, 3.8) is 0 Å². The molecule has 0 fully saturated rings. The van der Waals surface area contributed by atoms with Gasteiger partial charge in [-0.05, 0) is 24.5 Å². The summed E-state index contributed by atoms with van der Waals surface area (Å²) in [5.74, 6) is -0.158. The molecule has 20 heavy (non-hydrogen) atoms. The van der Waals surface area contributed by atoms with Gasteiger partial charge < -0.3 is 15.7 Å². The van der Waals surface area contributed by atoms with Gasteiger partial charge >= 0.3 is 0 Å². The van der Waals surface area contributed by atoms with Gasteiger partial charge in [-0.15, -0.1) is 0 Å². The molecule has 7 nitrogen and oxygen atoms in total. The van der Waals surface area contributed by atoms with Gasteiger partial charge in [-0.25, -0.2) is 0 Å². The number of aliphatic hydroxyl groups is 1. The number of carbonyl (C=O) groups is 1. The van der Waals surface area contributed by atoms with E-state index in [2.05, 4.69) is 10.6 Å².